The van der Waals surface area contributed by atoms with E-state index in [0.717, 1.165) is 12.8 Å². The number of hydrogen-bond donors (Lipinski definition) is 1. The molecule has 0 aliphatic carbocycles. The molecule has 1 amide bonds. The molecule has 0 unspecified atom stereocenters. The summed E-state index contributed by atoms with van der Waals surface area (Å²) in [5, 5.41) is 0. The van der Waals surface area contributed by atoms with Crippen molar-refractivity contribution in [2.45, 2.75) is 175 Å². The van der Waals surface area contributed by atoms with Crippen molar-refractivity contribution in [3.8, 4) is 0 Å². The van der Waals surface area contributed by atoms with Crippen molar-refractivity contribution in [1.29, 1.82) is 0 Å². The summed E-state index contributed by atoms with van der Waals surface area (Å²) >= 11 is 0. The molecule has 0 saturated carbocycles. The Labute approximate surface area is 196 Å². The maximum absolute atomic E-state index is 11.3. The van der Waals surface area contributed by atoms with Gasteiger partial charge in [0.15, 0.2) is 0 Å². The number of amides is 1. The lowest BCUT2D eigenvalue weighted by molar-refractivity contribution is -0.126. The van der Waals surface area contributed by atoms with Crippen molar-refractivity contribution in [2.75, 3.05) is 0 Å². The first-order valence-electron chi connectivity index (χ1n) is 14.3. The molecule has 0 aromatic carbocycles. The lowest BCUT2D eigenvalue weighted by Crippen LogP contribution is -2.31. The smallest absolute Gasteiger partial charge is 0.223 e. The number of rotatable bonds is 25. The fourth-order valence-electron chi connectivity index (χ4n) is 4.48. The van der Waals surface area contributed by atoms with Crippen LogP contribution in [-0.2, 0) is 4.79 Å². The van der Waals surface area contributed by atoms with Gasteiger partial charge in [-0.15, -0.1) is 0 Å². The molecule has 31 heavy (non-hydrogen) atoms. The maximum atomic E-state index is 11.3. The van der Waals surface area contributed by atoms with Crippen LogP contribution in [0.25, 0.3) is 0 Å². The molecule has 186 valence electrons. The second-order valence-corrected chi connectivity index (χ2v) is 10.8. The first-order valence-corrected chi connectivity index (χ1v) is 14.3. The number of primary amides is 1. The van der Waals surface area contributed by atoms with Gasteiger partial charge in [-0.3, -0.25) is 4.79 Å². The first-order chi connectivity index (χ1) is 15.0. The summed E-state index contributed by atoms with van der Waals surface area (Å²) in [6.07, 6.45) is 33.5. The molecule has 2 N–H and O–H groups in total. The molecule has 0 bridgehead atoms. The van der Waals surface area contributed by atoms with Gasteiger partial charge in [-0.2, -0.15) is 0 Å². The molecule has 0 heterocycles. The van der Waals surface area contributed by atoms with E-state index in [1.54, 1.807) is 0 Å². The van der Waals surface area contributed by atoms with E-state index in [9.17, 15) is 4.79 Å². The number of nitrogens with two attached hydrogens (primary N) is 1. The Bertz CT molecular complexity index is 377. The Kier molecular flexibility index (Phi) is 22.3. The summed E-state index contributed by atoms with van der Waals surface area (Å²) in [5.74, 6) is -0.161. The third kappa shape index (κ3) is 22.5. The predicted molar refractivity (Wildman–Crippen MR) is 139 cm³/mol. The zero-order valence-corrected chi connectivity index (χ0v) is 22.0. The maximum Gasteiger partial charge on any atom is 0.223 e. The highest BCUT2D eigenvalue weighted by atomic mass is 16.1. The molecule has 0 saturated heterocycles. The fourth-order valence-corrected chi connectivity index (χ4v) is 4.48. The molecule has 0 spiro atoms. The minimum Gasteiger partial charge on any atom is -0.369 e. The Morgan fingerprint density at radius 1 is 0.484 bits per heavy atom. The van der Waals surface area contributed by atoms with E-state index in [1.165, 1.54) is 141 Å². The molecule has 0 fully saturated rings. The largest absolute Gasteiger partial charge is 0.369 e. The minimum atomic E-state index is -0.326. The van der Waals surface area contributed by atoms with E-state index in [4.69, 9.17) is 5.73 Å². The lowest BCUT2D eigenvalue weighted by Gasteiger charge is -2.19. The van der Waals surface area contributed by atoms with Crippen LogP contribution in [-0.4, -0.2) is 5.91 Å². The van der Waals surface area contributed by atoms with Gasteiger partial charge in [0.25, 0.3) is 0 Å². The first kappa shape index (κ1) is 30.5. The zero-order valence-electron chi connectivity index (χ0n) is 22.0. The van der Waals surface area contributed by atoms with Crippen LogP contribution < -0.4 is 5.73 Å². The van der Waals surface area contributed by atoms with E-state index in [2.05, 4.69) is 6.92 Å². The van der Waals surface area contributed by atoms with Crippen molar-refractivity contribution in [3.63, 3.8) is 0 Å². The van der Waals surface area contributed by atoms with E-state index in [0.29, 0.717) is 0 Å². The van der Waals surface area contributed by atoms with Crippen LogP contribution in [0.4, 0.5) is 0 Å². The van der Waals surface area contributed by atoms with Crippen LogP contribution in [0.2, 0.25) is 0 Å². The second kappa shape index (κ2) is 22.7. The van der Waals surface area contributed by atoms with Crippen LogP contribution >= 0.6 is 0 Å². The Balaban J connectivity index is 3.10. The van der Waals surface area contributed by atoms with Gasteiger partial charge in [-0.05, 0) is 6.42 Å². The molecule has 2 nitrogen and oxygen atoms in total. The molecule has 0 aromatic heterocycles. The highest BCUT2D eigenvalue weighted by Crippen LogP contribution is 2.23. The van der Waals surface area contributed by atoms with Gasteiger partial charge >= 0.3 is 0 Å². The SMILES string of the molecule is CCCCCCCCCCCCCCCCCCCCCCCCCC(C)(C)C(N)=O. The number of unbranched alkanes of at least 4 members (excludes halogenated alkanes) is 22. The third-order valence-corrected chi connectivity index (χ3v) is 7.07. The monoisotopic (exact) mass is 437 g/mol. The van der Waals surface area contributed by atoms with E-state index >= 15 is 0 Å². The van der Waals surface area contributed by atoms with Gasteiger partial charge in [-0.1, -0.05) is 168 Å². The van der Waals surface area contributed by atoms with Crippen LogP contribution in [0, 0.1) is 5.41 Å². The highest BCUT2D eigenvalue weighted by molar-refractivity contribution is 5.79. The third-order valence-electron chi connectivity index (χ3n) is 7.07. The zero-order chi connectivity index (χ0) is 23.0. The van der Waals surface area contributed by atoms with Crippen molar-refractivity contribution < 1.29 is 4.79 Å². The van der Waals surface area contributed by atoms with E-state index in [-0.39, 0.29) is 11.3 Å². The molecule has 0 rings (SSSR count). The molecular weight excluding hydrogens is 378 g/mol. The van der Waals surface area contributed by atoms with E-state index in [1.807, 2.05) is 13.8 Å². The van der Waals surface area contributed by atoms with Gasteiger partial charge in [-0.25, -0.2) is 0 Å². The number of hydrogen-bond acceptors (Lipinski definition) is 1. The summed E-state index contributed by atoms with van der Waals surface area (Å²) in [6, 6.07) is 0. The van der Waals surface area contributed by atoms with Gasteiger partial charge in [0.2, 0.25) is 5.91 Å². The van der Waals surface area contributed by atoms with E-state index < -0.39 is 0 Å². The van der Waals surface area contributed by atoms with Crippen molar-refractivity contribution in [1.82, 2.24) is 0 Å². The normalized spacial score (nSPS) is 11.8. The predicted octanol–water partition coefficient (Wildman–Crippen LogP) is 9.88. The molecule has 0 aromatic rings. The summed E-state index contributed by atoms with van der Waals surface area (Å²) < 4.78 is 0. The van der Waals surface area contributed by atoms with Crippen LogP contribution in [0.5, 0.6) is 0 Å². The second-order valence-electron chi connectivity index (χ2n) is 10.8. The van der Waals surface area contributed by atoms with Gasteiger partial charge < -0.3 is 5.73 Å². The molecule has 0 aliphatic heterocycles. The average Bonchev–Trinajstić information content (AvgIpc) is 2.74. The minimum absolute atomic E-state index is 0.161. The van der Waals surface area contributed by atoms with Gasteiger partial charge in [0.05, 0.1) is 0 Å². The quantitative estimate of drug-likeness (QED) is 0.142. The Morgan fingerprint density at radius 3 is 0.935 bits per heavy atom. The number of carbonyl (C=O) groups excluding carboxylic acids is 1. The van der Waals surface area contributed by atoms with Crippen LogP contribution in [0.3, 0.4) is 0 Å². The summed E-state index contributed by atoms with van der Waals surface area (Å²) in [5.41, 5.74) is 5.10. The van der Waals surface area contributed by atoms with Crippen LogP contribution in [0.1, 0.15) is 175 Å². The number of carbonyl (C=O) groups is 1. The Morgan fingerprint density at radius 2 is 0.710 bits per heavy atom. The summed E-state index contributed by atoms with van der Waals surface area (Å²) in [7, 11) is 0. The van der Waals surface area contributed by atoms with Crippen molar-refractivity contribution in [3.05, 3.63) is 0 Å². The average molecular weight is 438 g/mol. The fraction of sp³-hybridized carbons (Fsp3) is 0.966. The van der Waals surface area contributed by atoms with Crippen molar-refractivity contribution in [2.24, 2.45) is 11.1 Å². The van der Waals surface area contributed by atoms with Gasteiger partial charge in [0.1, 0.15) is 0 Å². The van der Waals surface area contributed by atoms with Crippen LogP contribution in [0.15, 0.2) is 0 Å². The molecule has 0 aliphatic rings. The summed E-state index contributed by atoms with van der Waals surface area (Å²) in [6.45, 7) is 6.23. The summed E-state index contributed by atoms with van der Waals surface area (Å²) in [4.78, 5) is 11.3. The molecule has 0 atom stereocenters. The Hall–Kier alpha value is -0.530. The molecule has 2 heteroatoms. The topological polar surface area (TPSA) is 43.1 Å². The highest BCUT2D eigenvalue weighted by Gasteiger charge is 2.23. The standard InChI is InChI=1S/C29H59NO/c1-4-5-6-7-8-9-10-11-12-13-14-15-16-17-18-19-20-21-22-23-24-25-26-27-29(2,3)28(30)31/h4-27H2,1-3H3,(H2,30,31). The molecular formula is C29H59NO. The van der Waals surface area contributed by atoms with Crippen molar-refractivity contribution >= 4 is 5.91 Å². The van der Waals surface area contributed by atoms with Gasteiger partial charge in [0, 0.05) is 5.41 Å². The molecule has 0 radical (unpaired) electrons. The lowest BCUT2D eigenvalue weighted by atomic mass is 9.86.